The third-order valence-electron chi connectivity index (χ3n) is 4.05. The van der Waals surface area contributed by atoms with Gasteiger partial charge in [0.2, 0.25) is 12.7 Å². The van der Waals surface area contributed by atoms with Gasteiger partial charge in [0.05, 0.1) is 6.42 Å². The molecule has 9 heteroatoms. The van der Waals surface area contributed by atoms with Crippen molar-refractivity contribution in [1.29, 1.82) is 0 Å². The zero-order chi connectivity index (χ0) is 19.3. The Hall–Kier alpha value is -4.01. The summed E-state index contributed by atoms with van der Waals surface area (Å²) in [6.07, 6.45) is 1.58. The van der Waals surface area contributed by atoms with Crippen molar-refractivity contribution in [3.8, 4) is 11.5 Å². The van der Waals surface area contributed by atoms with Crippen molar-refractivity contribution >= 4 is 28.9 Å². The highest BCUT2D eigenvalue weighted by Gasteiger charge is 2.15. The van der Waals surface area contributed by atoms with Crippen LogP contribution in [0, 0.1) is 0 Å². The largest absolute Gasteiger partial charge is 0.454 e. The lowest BCUT2D eigenvalue weighted by atomic mass is 10.1. The minimum absolute atomic E-state index is 0.200. The fourth-order valence-corrected chi connectivity index (χ4v) is 2.66. The van der Waals surface area contributed by atoms with E-state index >= 15 is 0 Å². The number of nitrogens with one attached hydrogen (secondary N) is 3. The molecule has 4 rings (SSSR count). The number of nitrogens with two attached hydrogens (primary N) is 1. The molecule has 0 spiro atoms. The van der Waals surface area contributed by atoms with E-state index < -0.39 is 0 Å². The topological polar surface area (TPSA) is 123 Å². The number of hydrogen-bond acceptors (Lipinski definition) is 8. The summed E-state index contributed by atoms with van der Waals surface area (Å²) in [5.74, 6) is 1.80. The molecular formula is C19H18N6O3. The van der Waals surface area contributed by atoms with Gasteiger partial charge in [-0.1, -0.05) is 30.3 Å². The Balaban J connectivity index is 1.41. The van der Waals surface area contributed by atoms with Gasteiger partial charge in [-0.2, -0.15) is 0 Å². The number of hydrogen-bond donors (Lipinski definition) is 4. The van der Waals surface area contributed by atoms with Gasteiger partial charge < -0.3 is 20.5 Å². The molecule has 1 amide bonds. The van der Waals surface area contributed by atoms with E-state index in [1.165, 1.54) is 6.33 Å². The summed E-state index contributed by atoms with van der Waals surface area (Å²) in [4.78, 5) is 20.3. The number of carbonyl (C=O) groups excluding carboxylic acids is 1. The van der Waals surface area contributed by atoms with E-state index in [4.69, 9.17) is 15.2 Å². The Kier molecular flexibility index (Phi) is 4.79. The quantitative estimate of drug-likeness (QED) is 0.482. The average Bonchev–Trinajstić information content (AvgIpc) is 3.17. The molecule has 0 bridgehead atoms. The number of hydrazine groups is 1. The molecule has 0 aliphatic carbocycles. The number of nitrogen functional groups attached to an aromatic ring is 1. The molecule has 0 saturated heterocycles. The minimum atomic E-state index is -0.213. The smallest absolute Gasteiger partial charge is 0.242 e. The number of carbonyl (C=O) groups is 1. The molecule has 1 aromatic heterocycles. The molecule has 142 valence electrons. The third-order valence-corrected chi connectivity index (χ3v) is 4.05. The molecular weight excluding hydrogens is 360 g/mol. The normalized spacial score (nSPS) is 11.7. The van der Waals surface area contributed by atoms with Crippen molar-refractivity contribution < 1.29 is 14.3 Å². The van der Waals surface area contributed by atoms with E-state index in [1.54, 1.807) is 12.1 Å². The molecule has 0 fully saturated rings. The highest BCUT2D eigenvalue weighted by molar-refractivity contribution is 5.82. The average molecular weight is 378 g/mol. The third kappa shape index (κ3) is 3.88. The summed E-state index contributed by atoms with van der Waals surface area (Å²) in [6.45, 7) is 0.200. The maximum Gasteiger partial charge on any atom is 0.242 e. The lowest BCUT2D eigenvalue weighted by Gasteiger charge is -2.13. The summed E-state index contributed by atoms with van der Waals surface area (Å²) in [5.41, 5.74) is 13.4. The summed E-state index contributed by atoms with van der Waals surface area (Å²) in [6, 6.07) is 14.8. The van der Waals surface area contributed by atoms with Crippen LogP contribution in [0.25, 0.3) is 0 Å². The SMILES string of the molecule is Nc1c(NNC(=O)Cc2ccccc2)ncnc1Nc1ccc2c(c1)OCO2. The van der Waals surface area contributed by atoms with Gasteiger partial charge in [0.25, 0.3) is 0 Å². The summed E-state index contributed by atoms with van der Waals surface area (Å²) in [7, 11) is 0. The number of ether oxygens (including phenoxy) is 2. The Morgan fingerprint density at radius 2 is 1.82 bits per heavy atom. The van der Waals surface area contributed by atoms with E-state index in [9.17, 15) is 4.79 Å². The Bertz CT molecular complexity index is 996. The molecule has 0 unspecified atom stereocenters. The highest BCUT2D eigenvalue weighted by Crippen LogP contribution is 2.35. The first-order chi connectivity index (χ1) is 13.7. The molecule has 0 radical (unpaired) electrons. The van der Waals surface area contributed by atoms with Crippen molar-refractivity contribution in [2.75, 3.05) is 23.3 Å². The number of benzene rings is 2. The first kappa shape index (κ1) is 17.4. The van der Waals surface area contributed by atoms with Crippen LogP contribution in [0.4, 0.5) is 23.0 Å². The van der Waals surface area contributed by atoms with Gasteiger partial charge in [-0.25, -0.2) is 9.97 Å². The van der Waals surface area contributed by atoms with Crippen LogP contribution in [0.15, 0.2) is 54.9 Å². The van der Waals surface area contributed by atoms with Crippen LogP contribution in [-0.2, 0) is 11.2 Å². The van der Waals surface area contributed by atoms with Gasteiger partial charge >= 0.3 is 0 Å². The molecule has 0 saturated carbocycles. The predicted molar refractivity (Wildman–Crippen MR) is 104 cm³/mol. The molecule has 3 aromatic rings. The van der Waals surface area contributed by atoms with Crippen molar-refractivity contribution in [1.82, 2.24) is 15.4 Å². The fourth-order valence-electron chi connectivity index (χ4n) is 2.66. The molecule has 2 aromatic carbocycles. The number of anilines is 4. The molecule has 28 heavy (non-hydrogen) atoms. The molecule has 9 nitrogen and oxygen atoms in total. The number of nitrogens with zero attached hydrogens (tertiary/aromatic N) is 2. The van der Waals surface area contributed by atoms with Crippen molar-refractivity contribution in [3.63, 3.8) is 0 Å². The van der Waals surface area contributed by atoms with Gasteiger partial charge in [-0.05, 0) is 17.7 Å². The summed E-state index contributed by atoms with van der Waals surface area (Å²) >= 11 is 0. The zero-order valence-electron chi connectivity index (χ0n) is 14.8. The van der Waals surface area contributed by atoms with Gasteiger partial charge in [0.15, 0.2) is 23.1 Å². The first-order valence-electron chi connectivity index (χ1n) is 8.55. The van der Waals surface area contributed by atoms with Crippen LogP contribution in [-0.4, -0.2) is 22.7 Å². The van der Waals surface area contributed by atoms with Gasteiger partial charge in [-0.3, -0.25) is 15.6 Å². The second kappa shape index (κ2) is 7.70. The fraction of sp³-hybridized carbons (Fsp3) is 0.105. The Morgan fingerprint density at radius 1 is 1.04 bits per heavy atom. The van der Waals surface area contributed by atoms with Gasteiger partial charge in [0.1, 0.15) is 12.0 Å². The molecule has 5 N–H and O–H groups in total. The molecule has 0 atom stereocenters. The van der Waals surface area contributed by atoms with E-state index in [-0.39, 0.29) is 24.8 Å². The van der Waals surface area contributed by atoms with E-state index in [0.717, 1.165) is 11.3 Å². The van der Waals surface area contributed by atoms with E-state index in [0.29, 0.717) is 23.1 Å². The molecule has 1 aliphatic heterocycles. The molecule has 1 aliphatic rings. The van der Waals surface area contributed by atoms with Crippen LogP contribution in [0.2, 0.25) is 0 Å². The monoisotopic (exact) mass is 378 g/mol. The van der Waals surface area contributed by atoms with E-state index in [2.05, 4.69) is 26.1 Å². The first-order valence-corrected chi connectivity index (χ1v) is 8.55. The van der Waals surface area contributed by atoms with Crippen molar-refractivity contribution in [2.45, 2.75) is 6.42 Å². The van der Waals surface area contributed by atoms with Crippen molar-refractivity contribution in [3.05, 3.63) is 60.4 Å². The summed E-state index contributed by atoms with van der Waals surface area (Å²) < 4.78 is 10.7. The second-order valence-electron chi connectivity index (χ2n) is 6.01. The van der Waals surface area contributed by atoms with Crippen LogP contribution in [0.1, 0.15) is 5.56 Å². The van der Waals surface area contributed by atoms with Crippen LogP contribution in [0.3, 0.4) is 0 Å². The predicted octanol–water partition coefficient (Wildman–Crippen LogP) is 2.22. The van der Waals surface area contributed by atoms with Crippen LogP contribution >= 0.6 is 0 Å². The Morgan fingerprint density at radius 3 is 2.68 bits per heavy atom. The van der Waals surface area contributed by atoms with Gasteiger partial charge in [-0.15, -0.1) is 0 Å². The maximum atomic E-state index is 12.1. The minimum Gasteiger partial charge on any atom is -0.454 e. The number of aromatic nitrogens is 2. The number of fused-ring (bicyclic) bond motifs is 1. The summed E-state index contributed by atoms with van der Waals surface area (Å²) in [5, 5.41) is 3.11. The second-order valence-corrected chi connectivity index (χ2v) is 6.01. The van der Waals surface area contributed by atoms with Crippen molar-refractivity contribution in [2.24, 2.45) is 0 Å². The highest BCUT2D eigenvalue weighted by atomic mass is 16.7. The van der Waals surface area contributed by atoms with E-state index in [1.807, 2.05) is 36.4 Å². The Labute approximate surface area is 160 Å². The van der Waals surface area contributed by atoms with Gasteiger partial charge in [0, 0.05) is 11.8 Å². The lowest BCUT2D eigenvalue weighted by Crippen LogP contribution is -2.31. The maximum absolute atomic E-state index is 12.1. The molecule has 2 heterocycles. The standard InChI is InChI=1S/C19H18N6O3/c20-17-18(23-13-6-7-14-15(9-13)28-11-27-14)21-10-22-19(17)25-24-16(26)8-12-4-2-1-3-5-12/h1-7,9-10H,8,11,20H2,(H,24,26)(H2,21,22,23,25). The number of amides is 1. The van der Waals surface area contributed by atoms with Crippen LogP contribution < -0.4 is 31.4 Å². The number of rotatable bonds is 6. The lowest BCUT2D eigenvalue weighted by molar-refractivity contribution is -0.119. The zero-order valence-corrected chi connectivity index (χ0v) is 14.8. The van der Waals surface area contributed by atoms with Crippen LogP contribution in [0.5, 0.6) is 11.5 Å².